The van der Waals surface area contributed by atoms with Crippen LogP contribution in [0.25, 0.3) is 0 Å². The van der Waals surface area contributed by atoms with Gasteiger partial charge in [-0.15, -0.1) is 0 Å². The zero-order valence-electron chi connectivity index (χ0n) is 8.91. The van der Waals surface area contributed by atoms with Gasteiger partial charge in [-0.05, 0) is 31.5 Å². The topological polar surface area (TPSA) is 63.6 Å². The molecule has 0 bridgehead atoms. The molecule has 1 rings (SSSR count). The fraction of sp³-hybridized carbons (Fsp3) is 0.273. The highest BCUT2D eigenvalue weighted by Crippen LogP contribution is 2.28. The molecule has 0 spiro atoms. The van der Waals surface area contributed by atoms with E-state index >= 15 is 0 Å². The van der Waals surface area contributed by atoms with Crippen molar-refractivity contribution in [3.63, 3.8) is 0 Å². The largest absolute Gasteiger partial charge is 0.507 e. The highest BCUT2D eigenvalue weighted by Gasteiger charge is 2.23. The number of ether oxygens (including phenoxy) is 1. The number of halogens is 1. The van der Waals surface area contributed by atoms with Gasteiger partial charge in [-0.3, -0.25) is 4.79 Å². The number of carbonyl (C=O) groups excluding carboxylic acids is 2. The predicted molar refractivity (Wildman–Crippen MR) is 61.5 cm³/mol. The second kappa shape index (κ2) is 5.12. The van der Waals surface area contributed by atoms with Crippen LogP contribution in [-0.2, 0) is 9.53 Å². The highest BCUT2D eigenvalue weighted by atomic mass is 79.9. The number of benzene rings is 1. The molecular weight excluding hydrogens is 276 g/mol. The van der Waals surface area contributed by atoms with Crippen LogP contribution in [0, 0.1) is 6.92 Å². The van der Waals surface area contributed by atoms with Gasteiger partial charge in [0.15, 0.2) is 0 Å². The lowest BCUT2D eigenvalue weighted by Gasteiger charge is -2.08. The van der Waals surface area contributed by atoms with Gasteiger partial charge < -0.3 is 9.84 Å². The first kappa shape index (κ1) is 12.7. The molecule has 0 saturated heterocycles. The third-order valence-electron chi connectivity index (χ3n) is 2.06. The van der Waals surface area contributed by atoms with Crippen molar-refractivity contribution >= 4 is 27.7 Å². The van der Waals surface area contributed by atoms with E-state index < -0.39 is 11.8 Å². The van der Waals surface area contributed by atoms with Crippen molar-refractivity contribution in [3.05, 3.63) is 27.7 Å². The first-order valence-corrected chi connectivity index (χ1v) is 5.47. The van der Waals surface area contributed by atoms with Crippen molar-refractivity contribution in [3.8, 4) is 5.75 Å². The molecule has 0 amide bonds. The van der Waals surface area contributed by atoms with Crippen LogP contribution in [0.5, 0.6) is 5.75 Å². The molecule has 0 aromatic heterocycles. The van der Waals surface area contributed by atoms with Crippen molar-refractivity contribution in [2.45, 2.75) is 13.8 Å². The van der Waals surface area contributed by atoms with E-state index in [0.29, 0.717) is 10.0 Å². The van der Waals surface area contributed by atoms with Crippen molar-refractivity contribution in [1.29, 1.82) is 0 Å². The smallest absolute Gasteiger partial charge is 0.379 e. The highest BCUT2D eigenvalue weighted by molar-refractivity contribution is 9.10. The van der Waals surface area contributed by atoms with Crippen LogP contribution in [-0.4, -0.2) is 23.5 Å². The maximum absolute atomic E-state index is 11.7. The molecule has 0 heterocycles. The zero-order valence-corrected chi connectivity index (χ0v) is 10.5. The van der Waals surface area contributed by atoms with Gasteiger partial charge in [0.25, 0.3) is 5.78 Å². The summed E-state index contributed by atoms with van der Waals surface area (Å²) in [5.74, 6) is -2.02. The maximum atomic E-state index is 11.7. The van der Waals surface area contributed by atoms with Crippen LogP contribution >= 0.6 is 15.9 Å². The first-order chi connectivity index (χ1) is 7.49. The molecule has 86 valence electrons. The molecule has 1 aromatic carbocycles. The van der Waals surface area contributed by atoms with E-state index in [1.807, 2.05) is 0 Å². The molecule has 0 saturated carbocycles. The number of Topliss-reactive ketones (excluding diaryl/α,β-unsaturated/α-hetero) is 1. The number of carbonyl (C=O) groups is 2. The Morgan fingerprint density at radius 2 is 2.06 bits per heavy atom. The van der Waals surface area contributed by atoms with Crippen LogP contribution in [0.4, 0.5) is 0 Å². The van der Waals surface area contributed by atoms with Gasteiger partial charge in [0.1, 0.15) is 5.75 Å². The number of rotatable bonds is 3. The average molecular weight is 287 g/mol. The molecule has 5 heteroatoms. The zero-order chi connectivity index (χ0) is 12.3. The molecule has 0 unspecified atom stereocenters. The molecule has 1 N–H and O–H groups in total. The van der Waals surface area contributed by atoms with Gasteiger partial charge in [-0.1, -0.05) is 15.9 Å². The summed E-state index contributed by atoms with van der Waals surface area (Å²) >= 11 is 3.22. The van der Waals surface area contributed by atoms with Gasteiger partial charge in [0, 0.05) is 4.47 Å². The summed E-state index contributed by atoms with van der Waals surface area (Å²) in [5, 5.41) is 9.55. The SMILES string of the molecule is CCOC(=O)C(=O)c1c(O)ccc(Br)c1C. The van der Waals surface area contributed by atoms with Crippen LogP contribution in [0.15, 0.2) is 16.6 Å². The van der Waals surface area contributed by atoms with Crippen LogP contribution in [0.2, 0.25) is 0 Å². The third kappa shape index (κ3) is 2.41. The van der Waals surface area contributed by atoms with Gasteiger partial charge in [0.2, 0.25) is 0 Å². The van der Waals surface area contributed by atoms with Gasteiger partial charge in [-0.2, -0.15) is 0 Å². The minimum Gasteiger partial charge on any atom is -0.507 e. The normalized spacial score (nSPS) is 9.94. The van der Waals surface area contributed by atoms with Crippen molar-refractivity contribution in [2.24, 2.45) is 0 Å². The summed E-state index contributed by atoms with van der Waals surface area (Å²) in [4.78, 5) is 22.9. The molecule has 0 radical (unpaired) electrons. The molecular formula is C11H11BrO4. The summed E-state index contributed by atoms with van der Waals surface area (Å²) in [7, 11) is 0. The Morgan fingerprint density at radius 1 is 1.44 bits per heavy atom. The van der Waals surface area contributed by atoms with E-state index in [1.165, 1.54) is 6.07 Å². The molecule has 0 aliphatic rings. The molecule has 0 aliphatic carbocycles. The summed E-state index contributed by atoms with van der Waals surface area (Å²) in [6.45, 7) is 3.37. The van der Waals surface area contributed by atoms with E-state index in [9.17, 15) is 14.7 Å². The Kier molecular flexibility index (Phi) is 4.06. The van der Waals surface area contributed by atoms with Gasteiger partial charge in [0.05, 0.1) is 12.2 Å². The lowest BCUT2D eigenvalue weighted by atomic mass is 10.0. The van der Waals surface area contributed by atoms with E-state index in [1.54, 1.807) is 19.9 Å². The third-order valence-corrected chi connectivity index (χ3v) is 2.92. The maximum Gasteiger partial charge on any atom is 0.379 e. The Hall–Kier alpha value is -1.36. The van der Waals surface area contributed by atoms with Crippen LogP contribution in [0.3, 0.4) is 0 Å². The van der Waals surface area contributed by atoms with Crippen LogP contribution in [0.1, 0.15) is 22.8 Å². The van der Waals surface area contributed by atoms with Crippen molar-refractivity contribution in [2.75, 3.05) is 6.61 Å². The van der Waals surface area contributed by atoms with Gasteiger partial charge >= 0.3 is 5.97 Å². The fourth-order valence-electron chi connectivity index (χ4n) is 1.26. The molecule has 0 atom stereocenters. The summed E-state index contributed by atoms with van der Waals surface area (Å²) in [5.41, 5.74) is 0.492. The van der Waals surface area contributed by atoms with E-state index in [0.717, 1.165) is 0 Å². The summed E-state index contributed by atoms with van der Waals surface area (Å²) in [6, 6.07) is 2.95. The minimum absolute atomic E-state index is 0.0205. The molecule has 0 aliphatic heterocycles. The van der Waals surface area contributed by atoms with Crippen molar-refractivity contribution < 1.29 is 19.4 Å². The second-order valence-corrected chi connectivity index (χ2v) is 3.97. The van der Waals surface area contributed by atoms with Gasteiger partial charge in [-0.25, -0.2) is 4.79 Å². The molecule has 4 nitrogen and oxygen atoms in total. The summed E-state index contributed by atoms with van der Waals surface area (Å²) < 4.78 is 5.24. The molecule has 16 heavy (non-hydrogen) atoms. The quantitative estimate of drug-likeness (QED) is 0.526. The van der Waals surface area contributed by atoms with E-state index in [-0.39, 0.29) is 17.9 Å². The average Bonchev–Trinajstić information content (AvgIpc) is 2.24. The Balaban J connectivity index is 3.18. The monoisotopic (exact) mass is 286 g/mol. The number of hydrogen-bond acceptors (Lipinski definition) is 4. The number of esters is 1. The standard InChI is InChI=1S/C11H11BrO4/c1-3-16-11(15)10(14)9-6(2)7(12)4-5-8(9)13/h4-5,13H,3H2,1-2H3. The van der Waals surface area contributed by atoms with Crippen molar-refractivity contribution in [1.82, 2.24) is 0 Å². The molecule has 1 aromatic rings. The second-order valence-electron chi connectivity index (χ2n) is 3.12. The predicted octanol–water partition coefficient (Wildman–Crippen LogP) is 2.21. The number of ketones is 1. The number of phenolic OH excluding ortho intramolecular Hbond substituents is 1. The summed E-state index contributed by atoms with van der Waals surface area (Å²) in [6.07, 6.45) is 0. The fourth-order valence-corrected chi connectivity index (χ4v) is 1.59. The minimum atomic E-state index is -0.959. The van der Waals surface area contributed by atoms with Crippen LogP contribution < -0.4 is 0 Å². The number of hydrogen-bond donors (Lipinski definition) is 1. The number of aromatic hydroxyl groups is 1. The first-order valence-electron chi connectivity index (χ1n) is 4.68. The van der Waals surface area contributed by atoms with E-state index in [2.05, 4.69) is 20.7 Å². The lowest BCUT2D eigenvalue weighted by molar-refractivity contribution is -0.137. The number of phenols is 1. The Morgan fingerprint density at radius 3 is 2.62 bits per heavy atom. The lowest BCUT2D eigenvalue weighted by Crippen LogP contribution is -2.18. The Bertz CT molecular complexity index is 440. The molecule has 0 fully saturated rings. The Labute approximate surface area is 101 Å². The van der Waals surface area contributed by atoms with E-state index in [4.69, 9.17) is 0 Å².